The monoisotopic (exact) mass is 373 g/mol. The third kappa shape index (κ3) is 3.49. The first-order chi connectivity index (χ1) is 10.7. The fourth-order valence-corrected chi connectivity index (χ4v) is 2.02. The molecule has 1 aromatic carbocycles. The van der Waals surface area contributed by atoms with Crippen molar-refractivity contribution >= 4 is 28.8 Å². The highest BCUT2D eigenvalue weighted by atomic mass is 79.9. The molecular weight excluding hydrogens is 362 g/mol. The number of methoxy groups -OCH3 is 1. The van der Waals surface area contributed by atoms with Crippen molar-refractivity contribution in [1.29, 1.82) is 5.26 Å². The molecule has 0 amide bonds. The lowest BCUT2D eigenvalue weighted by atomic mass is 10.1. The first-order valence-corrected chi connectivity index (χ1v) is 6.44. The number of aromatic nitrogens is 2. The summed E-state index contributed by atoms with van der Waals surface area (Å²) in [5, 5.41) is 8.81. The zero-order chi connectivity index (χ0) is 15.5. The van der Waals surface area contributed by atoms with E-state index in [1.807, 2.05) is 18.3 Å². The normalized spacial score (nSPS) is 9.74. The molecule has 0 bridgehead atoms. The summed E-state index contributed by atoms with van der Waals surface area (Å²) >= 11 is 0. The fraction of sp³-hybridized carbons (Fsp3) is 0.0625. The topological polar surface area (TPSA) is 76.6 Å². The molecule has 0 saturated carbocycles. The molecule has 3 aromatic rings. The summed E-state index contributed by atoms with van der Waals surface area (Å²) in [6, 6.07) is 12.6. The molecule has 0 aliphatic rings. The van der Waals surface area contributed by atoms with Crippen LogP contribution in [0.25, 0.3) is 16.9 Å². The summed E-state index contributed by atoms with van der Waals surface area (Å²) in [4.78, 5) is 15.6. The molecule has 2 aromatic heterocycles. The Bertz CT molecular complexity index is 882. The minimum Gasteiger partial charge on any atom is -0.437 e. The van der Waals surface area contributed by atoms with E-state index in [0.717, 1.165) is 16.9 Å². The first-order valence-electron chi connectivity index (χ1n) is 6.44. The van der Waals surface area contributed by atoms with Gasteiger partial charge in [-0.2, -0.15) is 5.26 Å². The zero-order valence-corrected chi connectivity index (χ0v) is 13.8. The summed E-state index contributed by atoms with van der Waals surface area (Å²) in [7, 11) is 1.25. The van der Waals surface area contributed by atoms with Gasteiger partial charge < -0.3 is 13.9 Å². The highest BCUT2D eigenvalue weighted by molar-refractivity contribution is 8.93. The lowest BCUT2D eigenvalue weighted by Crippen LogP contribution is -2.07. The van der Waals surface area contributed by atoms with E-state index < -0.39 is 6.16 Å². The SMILES string of the molecule is Br.COC(=O)Oc1ccc2nc(-c3ccc(C#N)cc3)cn2c1. The lowest BCUT2D eigenvalue weighted by Gasteiger charge is -2.02. The van der Waals surface area contributed by atoms with E-state index in [0.29, 0.717) is 11.3 Å². The van der Waals surface area contributed by atoms with Crippen molar-refractivity contribution in [3.05, 3.63) is 54.4 Å². The number of hydrogen-bond acceptors (Lipinski definition) is 5. The van der Waals surface area contributed by atoms with Crippen molar-refractivity contribution in [2.24, 2.45) is 0 Å². The van der Waals surface area contributed by atoms with Crippen molar-refractivity contribution in [1.82, 2.24) is 9.38 Å². The van der Waals surface area contributed by atoms with Crippen molar-refractivity contribution in [3.8, 4) is 23.1 Å². The number of carbonyl (C=O) groups excluding carboxylic acids is 1. The van der Waals surface area contributed by atoms with Crippen LogP contribution in [-0.2, 0) is 4.74 Å². The third-order valence-electron chi connectivity index (χ3n) is 3.10. The summed E-state index contributed by atoms with van der Waals surface area (Å²) in [6.07, 6.45) is 2.69. The number of imidazole rings is 1. The van der Waals surface area contributed by atoms with Gasteiger partial charge in [0.1, 0.15) is 5.65 Å². The number of pyridine rings is 1. The van der Waals surface area contributed by atoms with E-state index in [4.69, 9.17) is 10.00 Å². The molecular formula is C16H12BrN3O3. The quantitative estimate of drug-likeness (QED) is 0.641. The Labute approximate surface area is 142 Å². The van der Waals surface area contributed by atoms with Gasteiger partial charge in [-0.25, -0.2) is 9.78 Å². The molecule has 0 saturated heterocycles. The maximum Gasteiger partial charge on any atom is 0.513 e. The number of rotatable bonds is 2. The maximum atomic E-state index is 11.1. The minimum absolute atomic E-state index is 0. The van der Waals surface area contributed by atoms with Crippen LogP contribution in [0, 0.1) is 11.3 Å². The Morgan fingerprint density at radius 3 is 2.57 bits per heavy atom. The van der Waals surface area contributed by atoms with E-state index in [2.05, 4.69) is 15.8 Å². The molecule has 116 valence electrons. The third-order valence-corrected chi connectivity index (χ3v) is 3.10. The fourth-order valence-electron chi connectivity index (χ4n) is 2.02. The van der Waals surface area contributed by atoms with E-state index in [9.17, 15) is 4.79 Å². The summed E-state index contributed by atoms with van der Waals surface area (Å²) in [5.74, 6) is 0.364. The molecule has 0 fully saturated rings. The number of nitrogens with zero attached hydrogens (tertiary/aromatic N) is 3. The predicted octanol–water partition coefficient (Wildman–Crippen LogP) is 3.60. The van der Waals surface area contributed by atoms with Crippen LogP contribution in [0.1, 0.15) is 5.56 Å². The highest BCUT2D eigenvalue weighted by Gasteiger charge is 2.08. The number of hydrogen-bond donors (Lipinski definition) is 0. The standard InChI is InChI=1S/C16H11N3O3.BrH/c1-21-16(20)22-13-6-7-15-18-14(10-19(15)9-13)12-4-2-11(8-17)3-5-12;/h2-7,9-10H,1H3;1H. The Kier molecular flexibility index (Phi) is 4.98. The van der Waals surface area contributed by atoms with Gasteiger partial charge in [-0.05, 0) is 24.3 Å². The largest absolute Gasteiger partial charge is 0.513 e. The van der Waals surface area contributed by atoms with Crippen LogP contribution in [0.4, 0.5) is 4.79 Å². The summed E-state index contributed by atoms with van der Waals surface area (Å²) < 4.78 is 11.2. The van der Waals surface area contributed by atoms with Gasteiger partial charge in [-0.3, -0.25) is 0 Å². The van der Waals surface area contributed by atoms with Gasteiger partial charge in [0.25, 0.3) is 0 Å². The van der Waals surface area contributed by atoms with E-state index in [-0.39, 0.29) is 17.0 Å². The van der Waals surface area contributed by atoms with Crippen LogP contribution in [0.15, 0.2) is 48.8 Å². The molecule has 0 atom stereocenters. The molecule has 0 unspecified atom stereocenters. The molecule has 3 rings (SSSR count). The van der Waals surface area contributed by atoms with Gasteiger partial charge in [-0.15, -0.1) is 17.0 Å². The summed E-state index contributed by atoms with van der Waals surface area (Å²) in [6.45, 7) is 0. The first kappa shape index (κ1) is 16.5. The van der Waals surface area contributed by atoms with Crippen LogP contribution in [0.3, 0.4) is 0 Å². The predicted molar refractivity (Wildman–Crippen MR) is 88.7 cm³/mol. The van der Waals surface area contributed by atoms with Crippen molar-refractivity contribution in [2.75, 3.05) is 7.11 Å². The number of fused-ring (bicyclic) bond motifs is 1. The lowest BCUT2D eigenvalue weighted by molar-refractivity contribution is 0.121. The number of ether oxygens (including phenoxy) is 2. The molecule has 2 heterocycles. The molecule has 0 N–H and O–H groups in total. The van der Waals surface area contributed by atoms with Crippen molar-refractivity contribution < 1.29 is 14.3 Å². The summed E-state index contributed by atoms with van der Waals surface area (Å²) in [5.41, 5.74) is 2.98. The average molecular weight is 374 g/mol. The Hall–Kier alpha value is -2.85. The van der Waals surface area contributed by atoms with Gasteiger partial charge in [0.2, 0.25) is 0 Å². The van der Waals surface area contributed by atoms with E-state index in [1.54, 1.807) is 34.9 Å². The molecule has 0 spiro atoms. The Morgan fingerprint density at radius 1 is 1.17 bits per heavy atom. The van der Waals surface area contributed by atoms with Gasteiger partial charge in [0.05, 0.1) is 30.6 Å². The van der Waals surface area contributed by atoms with Crippen LogP contribution >= 0.6 is 17.0 Å². The van der Waals surface area contributed by atoms with Crippen molar-refractivity contribution in [2.45, 2.75) is 0 Å². The number of halogens is 1. The molecule has 0 aliphatic heterocycles. The van der Waals surface area contributed by atoms with Gasteiger partial charge in [0, 0.05) is 11.8 Å². The van der Waals surface area contributed by atoms with Crippen LogP contribution < -0.4 is 4.74 Å². The number of nitriles is 1. The zero-order valence-electron chi connectivity index (χ0n) is 12.1. The average Bonchev–Trinajstić information content (AvgIpc) is 2.98. The second kappa shape index (κ2) is 6.94. The molecule has 7 heteroatoms. The van der Waals surface area contributed by atoms with Gasteiger partial charge in [0.15, 0.2) is 5.75 Å². The van der Waals surface area contributed by atoms with Crippen LogP contribution in [-0.4, -0.2) is 22.6 Å². The van der Waals surface area contributed by atoms with E-state index >= 15 is 0 Å². The number of carbonyl (C=O) groups is 1. The second-order valence-corrected chi connectivity index (χ2v) is 4.50. The number of benzene rings is 1. The smallest absolute Gasteiger partial charge is 0.437 e. The van der Waals surface area contributed by atoms with Crippen LogP contribution in [0.5, 0.6) is 5.75 Å². The molecule has 6 nitrogen and oxygen atoms in total. The van der Waals surface area contributed by atoms with Gasteiger partial charge >= 0.3 is 6.16 Å². The molecule has 0 aliphatic carbocycles. The molecule has 23 heavy (non-hydrogen) atoms. The Balaban J connectivity index is 0.00000192. The maximum absolute atomic E-state index is 11.1. The van der Waals surface area contributed by atoms with Crippen molar-refractivity contribution in [3.63, 3.8) is 0 Å². The minimum atomic E-state index is -0.771. The van der Waals surface area contributed by atoms with E-state index in [1.165, 1.54) is 7.11 Å². The van der Waals surface area contributed by atoms with Gasteiger partial charge in [-0.1, -0.05) is 12.1 Å². The Morgan fingerprint density at radius 2 is 1.91 bits per heavy atom. The molecule has 0 radical (unpaired) electrons. The van der Waals surface area contributed by atoms with Crippen LogP contribution in [0.2, 0.25) is 0 Å². The second-order valence-electron chi connectivity index (χ2n) is 4.50. The highest BCUT2D eigenvalue weighted by Crippen LogP contribution is 2.21.